The Kier molecular flexibility index (Phi) is 5.89. The average molecular weight is 425 g/mol. The molecule has 2 aliphatic heterocycles. The molecule has 1 aliphatic carbocycles. The van der Waals surface area contributed by atoms with Crippen molar-refractivity contribution in [3.05, 3.63) is 45.9 Å². The molecule has 0 bridgehead atoms. The van der Waals surface area contributed by atoms with Crippen LogP contribution < -0.4 is 5.56 Å². The van der Waals surface area contributed by atoms with Gasteiger partial charge in [-0.15, -0.1) is 0 Å². The van der Waals surface area contributed by atoms with E-state index < -0.39 is 0 Å². The third kappa shape index (κ3) is 4.44. The van der Waals surface area contributed by atoms with Crippen molar-refractivity contribution in [3.8, 4) is 0 Å². The fraction of sp³-hybridized carbons (Fsp3) is 0.652. The number of aromatic nitrogens is 4. The van der Waals surface area contributed by atoms with E-state index >= 15 is 0 Å². The lowest BCUT2D eigenvalue weighted by Crippen LogP contribution is -2.42. The standard InChI is InChI=1S/C23H32N6O2/c30-21(9-14-29-11-4-10-24-29)28-12-7-17(15-28)22-25-20-16-27(18-5-2-1-3-6-18)13-8-19(20)23(31)26-22/h4,10-11,17-18H,1-3,5-9,12-16H2,(H,25,26,31)/t17-/m0/s1. The summed E-state index contributed by atoms with van der Waals surface area (Å²) in [6, 6.07) is 2.50. The fourth-order valence-corrected chi connectivity index (χ4v) is 5.44. The highest BCUT2D eigenvalue weighted by Crippen LogP contribution is 2.28. The molecule has 1 saturated carbocycles. The first-order valence-electron chi connectivity index (χ1n) is 11.8. The maximum absolute atomic E-state index is 12.8. The lowest BCUT2D eigenvalue weighted by Gasteiger charge is -2.37. The molecule has 2 aromatic heterocycles. The molecule has 1 atom stereocenters. The SMILES string of the molecule is O=C(CCn1cccn1)N1CC[C@H](c2nc3c(c(=O)[nH]2)CCN(C2CCCCC2)C3)C1. The second-order valence-corrected chi connectivity index (χ2v) is 9.23. The number of nitrogens with zero attached hydrogens (tertiary/aromatic N) is 5. The van der Waals surface area contributed by atoms with E-state index in [-0.39, 0.29) is 17.4 Å². The molecule has 0 radical (unpaired) electrons. The molecule has 1 amide bonds. The summed E-state index contributed by atoms with van der Waals surface area (Å²) in [4.78, 5) is 37.8. The van der Waals surface area contributed by atoms with Crippen molar-refractivity contribution in [1.82, 2.24) is 29.5 Å². The second kappa shape index (κ2) is 8.94. The molecule has 5 rings (SSSR count). The number of H-pyrrole nitrogens is 1. The number of fused-ring (bicyclic) bond motifs is 1. The Morgan fingerprint density at radius 1 is 1.16 bits per heavy atom. The predicted molar refractivity (Wildman–Crippen MR) is 117 cm³/mol. The van der Waals surface area contributed by atoms with E-state index in [9.17, 15) is 9.59 Å². The highest BCUT2D eigenvalue weighted by atomic mass is 16.2. The Labute approximate surface area is 182 Å². The van der Waals surface area contributed by atoms with Crippen molar-refractivity contribution in [2.75, 3.05) is 19.6 Å². The molecule has 2 aromatic rings. The number of amides is 1. The molecule has 3 aliphatic rings. The van der Waals surface area contributed by atoms with Gasteiger partial charge in [-0.3, -0.25) is 19.2 Å². The third-order valence-electron chi connectivity index (χ3n) is 7.25. The second-order valence-electron chi connectivity index (χ2n) is 9.23. The summed E-state index contributed by atoms with van der Waals surface area (Å²) in [5.74, 6) is 1.01. The fourth-order valence-electron chi connectivity index (χ4n) is 5.44. The van der Waals surface area contributed by atoms with Gasteiger partial charge in [-0.1, -0.05) is 19.3 Å². The minimum absolute atomic E-state index is 0.0201. The van der Waals surface area contributed by atoms with Gasteiger partial charge in [0.2, 0.25) is 5.91 Å². The highest BCUT2D eigenvalue weighted by Gasteiger charge is 2.31. The van der Waals surface area contributed by atoms with Crippen LogP contribution in [0.1, 0.15) is 67.9 Å². The molecular weight excluding hydrogens is 392 g/mol. The molecule has 0 spiro atoms. The number of likely N-dealkylation sites (tertiary alicyclic amines) is 1. The van der Waals surface area contributed by atoms with Crippen molar-refractivity contribution in [3.63, 3.8) is 0 Å². The number of hydrogen-bond acceptors (Lipinski definition) is 5. The van der Waals surface area contributed by atoms with E-state index in [0.717, 1.165) is 49.6 Å². The van der Waals surface area contributed by atoms with Crippen LogP contribution in [-0.2, 0) is 24.3 Å². The summed E-state index contributed by atoms with van der Waals surface area (Å²) < 4.78 is 1.78. The zero-order chi connectivity index (χ0) is 21.2. The number of aromatic amines is 1. The van der Waals surface area contributed by atoms with Gasteiger partial charge in [0.25, 0.3) is 5.56 Å². The number of hydrogen-bond donors (Lipinski definition) is 1. The van der Waals surface area contributed by atoms with Crippen LogP contribution in [0.3, 0.4) is 0 Å². The highest BCUT2D eigenvalue weighted by molar-refractivity contribution is 5.76. The largest absolute Gasteiger partial charge is 0.342 e. The van der Waals surface area contributed by atoms with Crippen molar-refractivity contribution < 1.29 is 4.79 Å². The smallest absolute Gasteiger partial charge is 0.254 e. The zero-order valence-electron chi connectivity index (χ0n) is 18.1. The van der Waals surface area contributed by atoms with Crippen molar-refractivity contribution in [2.45, 2.75) is 76.4 Å². The first-order valence-corrected chi connectivity index (χ1v) is 11.8. The van der Waals surface area contributed by atoms with Gasteiger partial charge in [0.15, 0.2) is 0 Å². The first kappa shape index (κ1) is 20.4. The molecule has 0 unspecified atom stereocenters. The summed E-state index contributed by atoms with van der Waals surface area (Å²) in [5.41, 5.74) is 1.84. The van der Waals surface area contributed by atoms with Crippen LogP contribution in [0.5, 0.6) is 0 Å². The van der Waals surface area contributed by atoms with Crippen LogP contribution in [0.2, 0.25) is 0 Å². The average Bonchev–Trinajstić information content (AvgIpc) is 3.50. The van der Waals surface area contributed by atoms with Crippen LogP contribution in [0.25, 0.3) is 0 Å². The van der Waals surface area contributed by atoms with Gasteiger partial charge in [-0.05, 0) is 31.7 Å². The topological polar surface area (TPSA) is 87.1 Å². The van der Waals surface area contributed by atoms with Crippen LogP contribution in [0.15, 0.2) is 23.3 Å². The van der Waals surface area contributed by atoms with E-state index in [0.29, 0.717) is 25.6 Å². The summed E-state index contributed by atoms with van der Waals surface area (Å²) >= 11 is 0. The molecule has 1 N–H and O–H groups in total. The van der Waals surface area contributed by atoms with Crippen LogP contribution >= 0.6 is 0 Å². The van der Waals surface area contributed by atoms with Gasteiger partial charge in [-0.2, -0.15) is 5.10 Å². The first-order chi connectivity index (χ1) is 15.2. The molecule has 31 heavy (non-hydrogen) atoms. The number of rotatable bonds is 5. The minimum Gasteiger partial charge on any atom is -0.342 e. The minimum atomic E-state index is 0.0201. The van der Waals surface area contributed by atoms with E-state index in [4.69, 9.17) is 4.98 Å². The van der Waals surface area contributed by atoms with E-state index in [1.807, 2.05) is 17.2 Å². The van der Waals surface area contributed by atoms with Gasteiger partial charge < -0.3 is 9.88 Å². The Hall–Kier alpha value is -2.48. The predicted octanol–water partition coefficient (Wildman–Crippen LogP) is 2.06. The number of aryl methyl sites for hydroxylation is 1. The normalized spacial score (nSPS) is 22.6. The van der Waals surface area contributed by atoms with Crippen molar-refractivity contribution in [1.29, 1.82) is 0 Å². The van der Waals surface area contributed by atoms with Gasteiger partial charge >= 0.3 is 0 Å². The molecule has 2 fully saturated rings. The number of nitrogens with one attached hydrogen (secondary N) is 1. The van der Waals surface area contributed by atoms with Crippen LogP contribution in [0, 0.1) is 0 Å². The Morgan fingerprint density at radius 2 is 2.03 bits per heavy atom. The summed E-state index contributed by atoms with van der Waals surface area (Å²) in [5, 5.41) is 4.16. The van der Waals surface area contributed by atoms with Gasteiger partial charge in [0, 0.05) is 69.1 Å². The van der Waals surface area contributed by atoms with E-state index in [1.54, 1.807) is 10.9 Å². The monoisotopic (exact) mass is 424 g/mol. The molecular formula is C23H32N6O2. The molecule has 8 nitrogen and oxygen atoms in total. The van der Waals surface area contributed by atoms with Crippen LogP contribution in [0.4, 0.5) is 0 Å². The molecule has 0 aromatic carbocycles. The maximum Gasteiger partial charge on any atom is 0.254 e. The Bertz CT molecular complexity index is 963. The lowest BCUT2D eigenvalue weighted by molar-refractivity contribution is -0.130. The van der Waals surface area contributed by atoms with Gasteiger partial charge in [0.05, 0.1) is 5.69 Å². The van der Waals surface area contributed by atoms with Crippen molar-refractivity contribution in [2.24, 2.45) is 0 Å². The summed E-state index contributed by atoms with van der Waals surface area (Å²) in [7, 11) is 0. The number of carbonyl (C=O) groups is 1. The van der Waals surface area contributed by atoms with E-state index in [2.05, 4.69) is 15.0 Å². The lowest BCUT2D eigenvalue weighted by atomic mass is 9.92. The Morgan fingerprint density at radius 3 is 2.84 bits per heavy atom. The molecule has 8 heteroatoms. The molecule has 1 saturated heterocycles. The molecule has 166 valence electrons. The Balaban J connectivity index is 1.24. The van der Waals surface area contributed by atoms with E-state index in [1.165, 1.54) is 32.1 Å². The number of carbonyl (C=O) groups excluding carboxylic acids is 1. The quantitative estimate of drug-likeness (QED) is 0.794. The van der Waals surface area contributed by atoms with Crippen LogP contribution in [-0.4, -0.2) is 61.1 Å². The molecule has 4 heterocycles. The summed E-state index contributed by atoms with van der Waals surface area (Å²) in [6.45, 7) is 3.70. The summed E-state index contributed by atoms with van der Waals surface area (Å²) in [6.07, 6.45) is 12.2. The zero-order valence-corrected chi connectivity index (χ0v) is 18.1. The third-order valence-corrected chi connectivity index (χ3v) is 7.25. The maximum atomic E-state index is 12.8. The van der Waals surface area contributed by atoms with Gasteiger partial charge in [-0.25, -0.2) is 4.98 Å². The van der Waals surface area contributed by atoms with Crippen molar-refractivity contribution >= 4 is 5.91 Å². The van der Waals surface area contributed by atoms with Gasteiger partial charge in [0.1, 0.15) is 5.82 Å².